The number of aryl methyl sites for hydroxylation is 1. The number of anilines is 2. The van der Waals surface area contributed by atoms with Crippen LogP contribution in [0.15, 0.2) is 81.8 Å². The van der Waals surface area contributed by atoms with Crippen molar-refractivity contribution in [1.82, 2.24) is 4.90 Å². The van der Waals surface area contributed by atoms with E-state index < -0.39 is 12.0 Å². The normalized spacial score (nSPS) is 15.1. The smallest absolute Gasteiger partial charge is 0.250 e. The third-order valence-corrected chi connectivity index (χ3v) is 6.81. The van der Waals surface area contributed by atoms with Crippen LogP contribution in [0.25, 0.3) is 0 Å². The van der Waals surface area contributed by atoms with E-state index in [2.05, 4.69) is 45.3 Å². The maximum absolute atomic E-state index is 14.5. The van der Waals surface area contributed by atoms with Gasteiger partial charge in [0.25, 0.3) is 5.91 Å². The summed E-state index contributed by atoms with van der Waals surface area (Å²) in [6, 6.07) is 17.1. The average molecular weight is 630 g/mol. The first-order chi connectivity index (χ1) is 19.7. The van der Waals surface area contributed by atoms with Gasteiger partial charge >= 0.3 is 0 Å². The van der Waals surface area contributed by atoms with E-state index in [-0.39, 0.29) is 31.3 Å². The van der Waals surface area contributed by atoms with Crippen LogP contribution in [0.1, 0.15) is 37.5 Å². The summed E-state index contributed by atoms with van der Waals surface area (Å²) in [5.41, 5.74) is 10.6. The first kappa shape index (κ1) is 33.6. The molecule has 220 valence electrons. The fourth-order valence-corrected chi connectivity index (χ4v) is 4.47. The Labute approximate surface area is 250 Å². The van der Waals surface area contributed by atoms with Gasteiger partial charge in [-0.25, -0.2) is 8.78 Å². The molecular formula is C32H39BrF2N4O2. The number of hydrogen-bond acceptors (Lipinski definition) is 5. The van der Waals surface area contributed by atoms with Crippen molar-refractivity contribution in [3.05, 3.63) is 105 Å². The first-order valence-corrected chi connectivity index (χ1v) is 14.3. The Morgan fingerprint density at radius 1 is 1.15 bits per heavy atom. The van der Waals surface area contributed by atoms with Crippen molar-refractivity contribution >= 4 is 38.9 Å². The van der Waals surface area contributed by atoms with Crippen molar-refractivity contribution in [2.45, 2.75) is 40.3 Å². The minimum atomic E-state index is -0.668. The number of ether oxygens (including phenoxy) is 1. The van der Waals surface area contributed by atoms with Gasteiger partial charge < -0.3 is 20.7 Å². The molecule has 3 N–H and O–H groups in total. The summed E-state index contributed by atoms with van der Waals surface area (Å²) in [6.45, 7) is 8.07. The average Bonchev–Trinajstić information content (AvgIpc) is 3.34. The van der Waals surface area contributed by atoms with Crippen LogP contribution in [0.2, 0.25) is 0 Å². The second-order valence-electron chi connectivity index (χ2n) is 8.90. The second-order valence-corrected chi connectivity index (χ2v) is 9.82. The molecule has 9 heteroatoms. The molecule has 1 heterocycles. The minimum Gasteiger partial charge on any atom is -0.397 e. The van der Waals surface area contributed by atoms with E-state index in [1.165, 1.54) is 23.8 Å². The molecule has 3 aromatic rings. The topological polar surface area (TPSA) is 80.0 Å². The van der Waals surface area contributed by atoms with Gasteiger partial charge in [-0.15, -0.1) is 0 Å². The molecule has 0 aliphatic carbocycles. The zero-order chi connectivity index (χ0) is 30.5. The highest BCUT2D eigenvalue weighted by Crippen LogP contribution is 2.26. The van der Waals surface area contributed by atoms with Crippen LogP contribution in [0, 0.1) is 18.6 Å². The fraction of sp³-hybridized carbons (Fsp3) is 0.312. The Morgan fingerprint density at radius 3 is 2.32 bits per heavy atom. The number of carbonyl (C=O) groups excluding carboxylic acids is 1. The number of hydrogen-bond donors (Lipinski definition) is 2. The van der Waals surface area contributed by atoms with Crippen LogP contribution in [-0.2, 0) is 16.0 Å². The lowest BCUT2D eigenvalue weighted by Gasteiger charge is -2.26. The maximum atomic E-state index is 14.5. The molecule has 1 atom stereocenters. The maximum Gasteiger partial charge on any atom is 0.250 e. The number of nitrogens with two attached hydrogens (primary N) is 1. The molecule has 0 aromatic heterocycles. The number of allylic oxidation sites excluding steroid dienone is 1. The summed E-state index contributed by atoms with van der Waals surface area (Å²) in [5, 5.41) is 2.84. The Morgan fingerprint density at radius 2 is 1.78 bits per heavy atom. The van der Waals surface area contributed by atoms with E-state index in [1.807, 2.05) is 39.0 Å². The Balaban J connectivity index is 0.000000500. The lowest BCUT2D eigenvalue weighted by molar-refractivity contribution is -0.127. The van der Waals surface area contributed by atoms with Crippen molar-refractivity contribution < 1.29 is 18.3 Å². The van der Waals surface area contributed by atoms with Crippen LogP contribution in [0.3, 0.4) is 0 Å². The van der Waals surface area contributed by atoms with Gasteiger partial charge in [-0.1, -0.05) is 53.5 Å². The summed E-state index contributed by atoms with van der Waals surface area (Å²) in [6.07, 6.45) is 1.43. The summed E-state index contributed by atoms with van der Waals surface area (Å²) >= 11 is 3.35. The van der Waals surface area contributed by atoms with Crippen molar-refractivity contribution in [3.8, 4) is 0 Å². The molecule has 0 saturated carbocycles. The van der Waals surface area contributed by atoms with Gasteiger partial charge in [0.1, 0.15) is 18.2 Å². The zero-order valence-corrected chi connectivity index (χ0v) is 26.1. The van der Waals surface area contributed by atoms with Crippen LogP contribution in [0.5, 0.6) is 0 Å². The summed E-state index contributed by atoms with van der Waals surface area (Å²) < 4.78 is 34.7. The molecule has 1 aliphatic rings. The number of amides is 1. The summed E-state index contributed by atoms with van der Waals surface area (Å²) in [7, 11) is 3.30. The molecule has 1 unspecified atom stereocenters. The molecule has 0 bridgehead atoms. The van der Waals surface area contributed by atoms with Crippen LogP contribution < -0.4 is 11.1 Å². The standard InChI is InChI=1S/C23H26F2N4O2.C7H7Br.C2H6/c1-4-17(22(28-3)14-5-7-16(24)8-6-14)23-29(21(30)13-31-23)10-9-15-11-19(26)20(27-2)12-18(15)25;1-6-2-4-7(8)5-3-6;1-2/h4-8,11-12,23,27H,9-10,13,26H2,1-3H3;2-5H,1H3;1-2H3/b17-4+,28-22?;;. The van der Waals surface area contributed by atoms with Crippen molar-refractivity contribution in [3.63, 3.8) is 0 Å². The highest BCUT2D eigenvalue weighted by atomic mass is 79.9. The summed E-state index contributed by atoms with van der Waals surface area (Å²) in [4.78, 5) is 18.4. The number of aliphatic imine (C=N–C) groups is 1. The number of carbonyl (C=O) groups is 1. The van der Waals surface area contributed by atoms with Gasteiger partial charge in [-0.05, 0) is 74.4 Å². The van der Waals surface area contributed by atoms with Crippen LogP contribution >= 0.6 is 15.9 Å². The molecule has 0 spiro atoms. The molecular weight excluding hydrogens is 590 g/mol. The molecule has 0 radical (unpaired) electrons. The molecule has 41 heavy (non-hydrogen) atoms. The largest absolute Gasteiger partial charge is 0.397 e. The molecule has 1 saturated heterocycles. The second kappa shape index (κ2) is 16.6. The van der Waals surface area contributed by atoms with E-state index >= 15 is 0 Å². The zero-order valence-electron chi connectivity index (χ0n) is 24.5. The molecule has 1 aliphatic heterocycles. The van der Waals surface area contributed by atoms with E-state index in [0.717, 1.165) is 4.47 Å². The van der Waals surface area contributed by atoms with E-state index in [9.17, 15) is 13.6 Å². The molecule has 6 nitrogen and oxygen atoms in total. The third-order valence-electron chi connectivity index (χ3n) is 6.28. The monoisotopic (exact) mass is 628 g/mol. The summed E-state index contributed by atoms with van der Waals surface area (Å²) in [5.74, 6) is -0.934. The van der Waals surface area contributed by atoms with Crippen molar-refractivity contribution in [1.29, 1.82) is 0 Å². The highest BCUT2D eigenvalue weighted by molar-refractivity contribution is 9.10. The predicted octanol–water partition coefficient (Wildman–Crippen LogP) is 7.17. The number of nitrogens with one attached hydrogen (secondary N) is 1. The molecule has 4 rings (SSSR count). The van der Waals surface area contributed by atoms with E-state index in [1.54, 1.807) is 37.2 Å². The fourth-order valence-electron chi connectivity index (χ4n) is 4.20. The van der Waals surface area contributed by atoms with Gasteiger partial charge in [0, 0.05) is 36.2 Å². The Bertz CT molecular complexity index is 1320. The van der Waals surface area contributed by atoms with Gasteiger partial charge in [-0.3, -0.25) is 9.79 Å². The Kier molecular flexibility index (Phi) is 13.7. The van der Waals surface area contributed by atoms with Crippen molar-refractivity contribution in [2.75, 3.05) is 38.3 Å². The first-order valence-electron chi connectivity index (χ1n) is 13.5. The Hall–Kier alpha value is -3.56. The molecule has 3 aromatic carbocycles. The SMILES string of the molecule is C/C=C(\C(=NC)c1ccc(F)cc1)C1OCC(=O)N1CCc1cc(N)c(NC)cc1F.CC.Cc1ccc(Br)cc1. The van der Waals surface area contributed by atoms with Gasteiger partial charge in [0.15, 0.2) is 6.23 Å². The van der Waals surface area contributed by atoms with Crippen molar-refractivity contribution in [2.24, 2.45) is 4.99 Å². The van der Waals surface area contributed by atoms with Crippen LogP contribution in [0.4, 0.5) is 20.2 Å². The number of rotatable bonds is 7. The van der Waals surface area contributed by atoms with Gasteiger partial charge in [0.05, 0.1) is 17.1 Å². The van der Waals surface area contributed by atoms with Gasteiger partial charge in [0.2, 0.25) is 0 Å². The number of benzene rings is 3. The lowest BCUT2D eigenvalue weighted by atomic mass is 9.99. The number of halogens is 3. The molecule has 1 fully saturated rings. The quantitative estimate of drug-likeness (QED) is 0.215. The van der Waals surface area contributed by atoms with E-state index in [0.29, 0.717) is 33.8 Å². The lowest BCUT2D eigenvalue weighted by Crippen LogP contribution is -2.38. The van der Waals surface area contributed by atoms with Gasteiger partial charge in [-0.2, -0.15) is 0 Å². The highest BCUT2D eigenvalue weighted by Gasteiger charge is 2.36. The number of nitrogens with zero attached hydrogens (tertiary/aromatic N) is 2. The third kappa shape index (κ3) is 9.23. The van der Waals surface area contributed by atoms with E-state index in [4.69, 9.17) is 10.5 Å². The molecule has 1 amide bonds. The van der Waals surface area contributed by atoms with Crippen LogP contribution in [-0.4, -0.2) is 50.0 Å². The predicted molar refractivity (Wildman–Crippen MR) is 168 cm³/mol. The minimum absolute atomic E-state index is 0.0776. The number of nitrogen functional groups attached to an aromatic ring is 1.